The van der Waals surface area contributed by atoms with Crippen molar-refractivity contribution >= 4 is 28.2 Å². The maximum absolute atomic E-state index is 10.9. The van der Waals surface area contributed by atoms with Crippen LogP contribution in [0.4, 0.5) is 5.00 Å². The second-order valence-electron chi connectivity index (χ2n) is 2.97. The molecule has 0 radical (unpaired) electrons. The quantitative estimate of drug-likeness (QED) is 0.789. The number of anilines is 1. The SMILES string of the molecule is CC(=O)Nc1sc(C)c(C)c1C(=O)O. The van der Waals surface area contributed by atoms with Crippen molar-refractivity contribution in [2.45, 2.75) is 20.8 Å². The van der Waals surface area contributed by atoms with Gasteiger partial charge in [0.15, 0.2) is 0 Å². The van der Waals surface area contributed by atoms with Crippen LogP contribution in [0.5, 0.6) is 0 Å². The second kappa shape index (κ2) is 3.79. The maximum Gasteiger partial charge on any atom is 0.338 e. The van der Waals surface area contributed by atoms with Crippen molar-refractivity contribution in [3.63, 3.8) is 0 Å². The first-order chi connectivity index (χ1) is 6.43. The number of nitrogens with one attached hydrogen (secondary N) is 1. The lowest BCUT2D eigenvalue weighted by molar-refractivity contribution is -0.114. The number of rotatable bonds is 2. The van der Waals surface area contributed by atoms with Crippen molar-refractivity contribution in [1.82, 2.24) is 0 Å². The Morgan fingerprint density at radius 3 is 2.36 bits per heavy atom. The van der Waals surface area contributed by atoms with Crippen molar-refractivity contribution in [2.75, 3.05) is 5.32 Å². The first-order valence-electron chi connectivity index (χ1n) is 4.04. The summed E-state index contributed by atoms with van der Waals surface area (Å²) in [5, 5.41) is 11.9. The molecule has 0 aliphatic carbocycles. The van der Waals surface area contributed by atoms with Gasteiger partial charge in [-0.25, -0.2) is 4.79 Å². The number of carbonyl (C=O) groups is 2. The van der Waals surface area contributed by atoms with Gasteiger partial charge in [-0.1, -0.05) is 0 Å². The fourth-order valence-corrected chi connectivity index (χ4v) is 2.23. The van der Waals surface area contributed by atoms with Crippen LogP contribution in [0.3, 0.4) is 0 Å². The average molecular weight is 213 g/mol. The summed E-state index contributed by atoms with van der Waals surface area (Å²) in [4.78, 5) is 22.6. The fourth-order valence-electron chi connectivity index (χ4n) is 1.13. The van der Waals surface area contributed by atoms with Gasteiger partial charge in [0.05, 0.1) is 5.56 Å². The monoisotopic (exact) mass is 213 g/mol. The van der Waals surface area contributed by atoms with Crippen molar-refractivity contribution < 1.29 is 14.7 Å². The number of aryl methyl sites for hydroxylation is 1. The predicted molar refractivity (Wildman–Crippen MR) is 55.1 cm³/mol. The molecular formula is C9H11NO3S. The molecule has 0 aliphatic rings. The first kappa shape index (κ1) is 10.7. The lowest BCUT2D eigenvalue weighted by Crippen LogP contribution is -2.08. The molecule has 0 aromatic carbocycles. The fraction of sp³-hybridized carbons (Fsp3) is 0.333. The van der Waals surface area contributed by atoms with E-state index >= 15 is 0 Å². The average Bonchev–Trinajstić information content (AvgIpc) is 2.26. The summed E-state index contributed by atoms with van der Waals surface area (Å²) in [5.41, 5.74) is 0.911. The zero-order valence-electron chi connectivity index (χ0n) is 8.17. The summed E-state index contributed by atoms with van der Waals surface area (Å²) in [5.74, 6) is -1.26. The molecule has 76 valence electrons. The zero-order chi connectivity index (χ0) is 10.9. The molecule has 1 amide bonds. The minimum Gasteiger partial charge on any atom is -0.478 e. The highest BCUT2D eigenvalue weighted by Gasteiger charge is 2.18. The molecule has 14 heavy (non-hydrogen) atoms. The maximum atomic E-state index is 10.9. The van der Waals surface area contributed by atoms with Gasteiger partial charge in [-0.05, 0) is 19.4 Å². The van der Waals surface area contributed by atoms with Crippen LogP contribution in [-0.2, 0) is 4.79 Å². The van der Waals surface area contributed by atoms with Crippen molar-refractivity contribution in [2.24, 2.45) is 0 Å². The Hall–Kier alpha value is -1.36. The van der Waals surface area contributed by atoms with E-state index in [1.807, 2.05) is 6.92 Å². The number of amides is 1. The molecule has 1 aromatic heterocycles. The van der Waals surface area contributed by atoms with Crippen LogP contribution >= 0.6 is 11.3 Å². The molecule has 0 spiro atoms. The number of carboxylic acid groups (broad SMARTS) is 1. The summed E-state index contributed by atoms with van der Waals surface area (Å²) < 4.78 is 0. The Morgan fingerprint density at radius 2 is 1.93 bits per heavy atom. The molecule has 1 heterocycles. The Bertz CT molecular complexity index is 395. The molecule has 2 N–H and O–H groups in total. The number of thiophene rings is 1. The molecule has 0 aliphatic heterocycles. The highest BCUT2D eigenvalue weighted by Crippen LogP contribution is 2.32. The third kappa shape index (κ3) is 1.93. The Morgan fingerprint density at radius 1 is 1.36 bits per heavy atom. The summed E-state index contributed by atoms with van der Waals surface area (Å²) in [6.07, 6.45) is 0. The van der Waals surface area contributed by atoms with Crippen molar-refractivity contribution in [3.05, 3.63) is 16.0 Å². The molecular weight excluding hydrogens is 202 g/mol. The molecule has 0 saturated carbocycles. The highest BCUT2D eigenvalue weighted by atomic mass is 32.1. The summed E-state index contributed by atoms with van der Waals surface area (Å²) >= 11 is 1.28. The topological polar surface area (TPSA) is 66.4 Å². The van der Waals surface area contributed by atoms with E-state index in [0.717, 1.165) is 4.88 Å². The third-order valence-corrected chi connectivity index (χ3v) is 3.01. The van der Waals surface area contributed by atoms with Gasteiger partial charge in [0.25, 0.3) is 0 Å². The summed E-state index contributed by atoms with van der Waals surface area (Å²) in [6, 6.07) is 0. The standard InChI is InChI=1S/C9H11NO3S/c1-4-5(2)14-8(10-6(3)11)7(4)9(12)13/h1-3H3,(H,10,11)(H,12,13). The minimum atomic E-state index is -1.00. The van der Waals surface area contributed by atoms with Gasteiger partial charge in [-0.2, -0.15) is 0 Å². The summed E-state index contributed by atoms with van der Waals surface area (Å²) in [7, 11) is 0. The van der Waals surface area contributed by atoms with Crippen LogP contribution in [0.2, 0.25) is 0 Å². The van der Waals surface area contributed by atoms with Crippen LogP contribution in [0.15, 0.2) is 0 Å². The molecule has 0 atom stereocenters. The Kier molecular flexibility index (Phi) is 2.90. The van der Waals surface area contributed by atoms with Gasteiger partial charge in [0.2, 0.25) is 5.91 Å². The van der Waals surface area contributed by atoms with Crippen LogP contribution in [-0.4, -0.2) is 17.0 Å². The smallest absolute Gasteiger partial charge is 0.338 e. The number of carboxylic acids is 1. The third-order valence-electron chi connectivity index (χ3n) is 1.89. The van der Waals surface area contributed by atoms with E-state index in [1.54, 1.807) is 6.92 Å². The second-order valence-corrected chi connectivity index (χ2v) is 4.20. The van der Waals surface area contributed by atoms with Gasteiger partial charge < -0.3 is 10.4 Å². The van der Waals surface area contributed by atoms with E-state index in [9.17, 15) is 9.59 Å². The lowest BCUT2D eigenvalue weighted by Gasteiger charge is -1.99. The number of hydrogen-bond donors (Lipinski definition) is 2. The van der Waals surface area contributed by atoms with Gasteiger partial charge in [-0.3, -0.25) is 4.79 Å². The summed E-state index contributed by atoms with van der Waals surface area (Å²) in [6.45, 7) is 4.92. The van der Waals surface area contributed by atoms with Crippen LogP contribution < -0.4 is 5.32 Å². The van der Waals surface area contributed by atoms with Crippen molar-refractivity contribution in [3.8, 4) is 0 Å². The van der Waals surface area contributed by atoms with E-state index < -0.39 is 5.97 Å². The lowest BCUT2D eigenvalue weighted by atomic mass is 10.1. The molecule has 1 aromatic rings. The predicted octanol–water partition coefficient (Wildman–Crippen LogP) is 2.02. The molecule has 0 unspecified atom stereocenters. The van der Waals surface area contributed by atoms with E-state index in [4.69, 9.17) is 5.11 Å². The van der Waals surface area contributed by atoms with Crippen molar-refractivity contribution in [1.29, 1.82) is 0 Å². The molecule has 0 fully saturated rings. The highest BCUT2D eigenvalue weighted by molar-refractivity contribution is 7.16. The van der Waals surface area contributed by atoms with Gasteiger partial charge in [-0.15, -0.1) is 11.3 Å². The van der Waals surface area contributed by atoms with E-state index in [2.05, 4.69) is 5.32 Å². The molecule has 1 rings (SSSR count). The Labute approximate surface area is 85.6 Å². The van der Waals surface area contributed by atoms with Crippen LogP contribution in [0.1, 0.15) is 27.7 Å². The zero-order valence-corrected chi connectivity index (χ0v) is 8.99. The molecule has 4 nitrogen and oxygen atoms in total. The largest absolute Gasteiger partial charge is 0.478 e. The number of hydrogen-bond acceptors (Lipinski definition) is 3. The Balaban J connectivity index is 3.22. The molecule has 0 saturated heterocycles. The van der Waals surface area contributed by atoms with E-state index in [1.165, 1.54) is 18.3 Å². The normalized spacial score (nSPS) is 9.93. The van der Waals surface area contributed by atoms with E-state index in [-0.39, 0.29) is 11.5 Å². The number of carbonyl (C=O) groups excluding carboxylic acids is 1. The van der Waals surface area contributed by atoms with Crippen LogP contribution in [0.25, 0.3) is 0 Å². The molecule has 0 bridgehead atoms. The van der Waals surface area contributed by atoms with Gasteiger partial charge in [0, 0.05) is 11.8 Å². The minimum absolute atomic E-state index is 0.197. The van der Waals surface area contributed by atoms with Gasteiger partial charge >= 0.3 is 5.97 Å². The van der Waals surface area contributed by atoms with Crippen LogP contribution in [0, 0.1) is 13.8 Å². The van der Waals surface area contributed by atoms with Gasteiger partial charge in [0.1, 0.15) is 5.00 Å². The molecule has 5 heteroatoms. The first-order valence-corrected chi connectivity index (χ1v) is 4.86. The number of aromatic carboxylic acids is 1. The van der Waals surface area contributed by atoms with E-state index in [0.29, 0.717) is 10.6 Å².